The zero-order chi connectivity index (χ0) is 34.7. The van der Waals surface area contributed by atoms with Crippen molar-refractivity contribution in [2.24, 2.45) is 0 Å². The van der Waals surface area contributed by atoms with Gasteiger partial charge in [0, 0.05) is 70.2 Å². The zero-order valence-corrected chi connectivity index (χ0v) is 30.7. The number of anilines is 1. The predicted octanol–water partition coefficient (Wildman–Crippen LogP) is 6.04. The van der Waals surface area contributed by atoms with Crippen LogP contribution in [0.15, 0.2) is 48.8 Å². The van der Waals surface area contributed by atoms with Crippen LogP contribution in [0.3, 0.4) is 0 Å². The van der Waals surface area contributed by atoms with Crippen molar-refractivity contribution in [3.8, 4) is 40.1 Å². The molecule has 11 nitrogen and oxygen atoms in total. The van der Waals surface area contributed by atoms with Gasteiger partial charge in [-0.15, -0.1) is 0 Å². The van der Waals surface area contributed by atoms with E-state index in [1.54, 1.807) is 13.4 Å². The van der Waals surface area contributed by atoms with Gasteiger partial charge in [0.05, 0.1) is 62.2 Å². The van der Waals surface area contributed by atoms with Crippen LogP contribution in [0.5, 0.6) is 11.5 Å². The van der Waals surface area contributed by atoms with Gasteiger partial charge in [0.25, 0.3) is 0 Å². The van der Waals surface area contributed by atoms with E-state index >= 15 is 0 Å². The Labute approximate surface area is 295 Å². The first-order chi connectivity index (χ1) is 24.3. The SMILES string of the molecule is COc1cc(-c2cc3c(-c4ccc(OC5CCOCC5)c(C#N)c4)ncnc3n2COCC[Si](C)(C)C)ccc1N1CCN(C2COC2)CC1. The quantitative estimate of drug-likeness (QED) is 0.129. The van der Waals surface area contributed by atoms with Gasteiger partial charge in [-0.05, 0) is 42.4 Å². The standard InChI is InChI=1S/C38H48N6O5Si/c1-45-36-20-27(5-7-33(36)43-13-11-42(12-14-43)30-23-48-24-30)34-21-32-37(40-25-41-38(32)44(34)26-47-17-18-50(2,3)4)28-6-8-35(29(19-28)22-39)49-31-9-15-46-16-10-31/h5-8,19-21,25,30-31H,9-18,23-24,26H2,1-4H3. The van der Waals surface area contributed by atoms with Gasteiger partial charge < -0.3 is 33.2 Å². The van der Waals surface area contributed by atoms with Crippen molar-refractivity contribution >= 4 is 24.8 Å². The smallest absolute Gasteiger partial charge is 0.146 e. The monoisotopic (exact) mass is 696 g/mol. The molecule has 7 rings (SSSR count). The summed E-state index contributed by atoms with van der Waals surface area (Å²) in [6.45, 7) is 15.1. The number of hydrogen-bond acceptors (Lipinski definition) is 10. The molecule has 3 saturated heterocycles. The molecular weight excluding hydrogens is 649 g/mol. The molecule has 0 aliphatic carbocycles. The zero-order valence-electron chi connectivity index (χ0n) is 29.7. The largest absolute Gasteiger partial charge is 0.495 e. The van der Waals surface area contributed by atoms with Crippen LogP contribution in [-0.2, 0) is 20.9 Å². The molecule has 0 radical (unpaired) electrons. The first-order valence-corrected chi connectivity index (χ1v) is 21.5. The lowest BCUT2D eigenvalue weighted by Crippen LogP contribution is -2.56. The van der Waals surface area contributed by atoms with Gasteiger partial charge in [-0.25, -0.2) is 9.97 Å². The Bertz CT molecular complexity index is 1830. The fourth-order valence-corrected chi connectivity index (χ4v) is 7.65. The molecular formula is C38H48N6O5Si. The molecule has 3 aliphatic rings. The van der Waals surface area contributed by atoms with Crippen LogP contribution >= 0.6 is 0 Å². The third kappa shape index (κ3) is 7.52. The summed E-state index contributed by atoms with van der Waals surface area (Å²) in [4.78, 5) is 14.5. The predicted molar refractivity (Wildman–Crippen MR) is 197 cm³/mol. The van der Waals surface area contributed by atoms with Crippen LogP contribution in [0.4, 0.5) is 5.69 Å². The van der Waals surface area contributed by atoms with Gasteiger partial charge in [0.2, 0.25) is 0 Å². The van der Waals surface area contributed by atoms with Crippen LogP contribution in [0.25, 0.3) is 33.5 Å². The summed E-state index contributed by atoms with van der Waals surface area (Å²) in [5, 5.41) is 11.0. The fourth-order valence-electron chi connectivity index (χ4n) is 6.90. The number of benzene rings is 2. The normalized spacial score (nSPS) is 17.9. The van der Waals surface area contributed by atoms with Crippen molar-refractivity contribution in [3.05, 3.63) is 54.4 Å². The molecule has 0 unspecified atom stereocenters. The summed E-state index contributed by atoms with van der Waals surface area (Å²) in [7, 11) is 0.471. The van der Waals surface area contributed by atoms with Gasteiger partial charge in [0.15, 0.2) is 0 Å². The average Bonchev–Trinajstić information content (AvgIpc) is 3.48. The summed E-state index contributed by atoms with van der Waals surface area (Å²) >= 11 is 0. The number of nitrogens with zero attached hydrogens (tertiary/aromatic N) is 6. The molecule has 3 fully saturated rings. The molecule has 50 heavy (non-hydrogen) atoms. The Morgan fingerprint density at radius 3 is 2.40 bits per heavy atom. The molecule has 264 valence electrons. The lowest BCUT2D eigenvalue weighted by Gasteiger charge is -2.43. The van der Waals surface area contributed by atoms with E-state index in [0.29, 0.717) is 43.9 Å². The molecule has 2 aromatic carbocycles. The van der Waals surface area contributed by atoms with Crippen LogP contribution in [-0.4, -0.2) is 106 Å². The molecule has 0 amide bonds. The highest BCUT2D eigenvalue weighted by Crippen LogP contribution is 2.38. The van der Waals surface area contributed by atoms with Crippen LogP contribution < -0.4 is 14.4 Å². The summed E-state index contributed by atoms with van der Waals surface area (Å²) in [5.74, 6) is 1.43. The van der Waals surface area contributed by atoms with Crippen molar-refractivity contribution in [1.82, 2.24) is 19.4 Å². The van der Waals surface area contributed by atoms with Gasteiger partial charge in [-0.2, -0.15) is 5.26 Å². The third-order valence-corrected chi connectivity index (χ3v) is 11.7. The van der Waals surface area contributed by atoms with E-state index in [9.17, 15) is 5.26 Å². The molecule has 0 atom stereocenters. The van der Waals surface area contributed by atoms with Crippen molar-refractivity contribution in [2.75, 3.05) is 71.2 Å². The fraction of sp³-hybridized carbons (Fsp3) is 0.500. The first-order valence-electron chi connectivity index (χ1n) is 17.8. The van der Waals surface area contributed by atoms with E-state index in [2.05, 4.69) is 64.3 Å². The topological polar surface area (TPSA) is 107 Å². The summed E-state index contributed by atoms with van der Waals surface area (Å²) in [5.41, 5.74) is 5.92. The first kappa shape index (κ1) is 34.5. The molecule has 12 heteroatoms. The van der Waals surface area contributed by atoms with Gasteiger partial charge in [0.1, 0.15) is 42.4 Å². The maximum absolute atomic E-state index is 10.1. The molecule has 0 saturated carbocycles. The molecule has 0 spiro atoms. The number of methoxy groups -OCH3 is 1. The molecule has 5 heterocycles. The molecule has 0 N–H and O–H groups in total. The summed E-state index contributed by atoms with van der Waals surface area (Å²) in [6, 6.07) is 18.3. The lowest BCUT2D eigenvalue weighted by atomic mass is 10.0. The second kappa shape index (κ2) is 15.1. The minimum absolute atomic E-state index is 0.0421. The average molecular weight is 697 g/mol. The van der Waals surface area contributed by atoms with E-state index in [1.807, 2.05) is 18.2 Å². The van der Waals surface area contributed by atoms with E-state index < -0.39 is 8.07 Å². The Morgan fingerprint density at radius 1 is 0.920 bits per heavy atom. The number of aromatic nitrogens is 3. The highest BCUT2D eigenvalue weighted by atomic mass is 28.3. The van der Waals surface area contributed by atoms with Gasteiger partial charge in [-0.1, -0.05) is 25.7 Å². The van der Waals surface area contributed by atoms with Gasteiger partial charge >= 0.3 is 0 Å². The molecule has 4 aromatic rings. The van der Waals surface area contributed by atoms with Crippen molar-refractivity contribution in [3.63, 3.8) is 0 Å². The van der Waals surface area contributed by atoms with E-state index in [0.717, 1.165) is 103 Å². The van der Waals surface area contributed by atoms with Crippen LogP contribution in [0, 0.1) is 11.3 Å². The highest BCUT2D eigenvalue weighted by molar-refractivity contribution is 6.76. The maximum atomic E-state index is 10.1. The van der Waals surface area contributed by atoms with E-state index in [4.69, 9.17) is 33.7 Å². The summed E-state index contributed by atoms with van der Waals surface area (Å²) in [6.07, 6.45) is 3.26. The second-order valence-corrected chi connectivity index (χ2v) is 20.2. The van der Waals surface area contributed by atoms with Crippen molar-refractivity contribution < 1.29 is 23.7 Å². The van der Waals surface area contributed by atoms with E-state index in [1.165, 1.54) is 0 Å². The van der Waals surface area contributed by atoms with Crippen molar-refractivity contribution in [2.45, 2.75) is 57.4 Å². The number of nitriles is 1. The number of piperazine rings is 1. The highest BCUT2D eigenvalue weighted by Gasteiger charge is 2.30. The molecule has 0 bridgehead atoms. The maximum Gasteiger partial charge on any atom is 0.146 e. The molecule has 2 aromatic heterocycles. The second-order valence-electron chi connectivity index (χ2n) is 14.6. The van der Waals surface area contributed by atoms with Crippen LogP contribution in [0.1, 0.15) is 18.4 Å². The minimum atomic E-state index is -1.27. The van der Waals surface area contributed by atoms with Crippen molar-refractivity contribution in [1.29, 1.82) is 5.26 Å². The number of rotatable bonds is 12. The number of fused-ring (bicyclic) bond motifs is 1. The van der Waals surface area contributed by atoms with E-state index in [-0.39, 0.29) is 6.10 Å². The van der Waals surface area contributed by atoms with Crippen LogP contribution in [0.2, 0.25) is 25.7 Å². The summed E-state index contributed by atoms with van der Waals surface area (Å²) < 4.78 is 31.6. The Morgan fingerprint density at radius 2 is 1.70 bits per heavy atom. The Balaban J connectivity index is 1.22. The number of ether oxygens (including phenoxy) is 5. The minimum Gasteiger partial charge on any atom is -0.495 e. The molecule has 3 aliphatic heterocycles. The lowest BCUT2D eigenvalue weighted by molar-refractivity contribution is -0.0660. The number of hydrogen-bond donors (Lipinski definition) is 0. The van der Waals surface area contributed by atoms with Gasteiger partial charge in [-0.3, -0.25) is 4.90 Å². The Kier molecular flexibility index (Phi) is 10.4. The third-order valence-electron chi connectivity index (χ3n) is 10.0. The Hall–Kier alpha value is -3.99.